The standard InChI is InChI=1S/2C5H10O3/c1-7-4-3-5(6)8-2;1-3-8-5(7)4(2)6/h3-4H2,1-2H3;4,6H,3H2,1-2H3. The van der Waals surface area contributed by atoms with Crippen molar-refractivity contribution in [2.75, 3.05) is 27.4 Å². The number of hydrogen-bond acceptors (Lipinski definition) is 6. The Labute approximate surface area is 95.5 Å². The van der Waals surface area contributed by atoms with Crippen LogP contribution in [0.1, 0.15) is 20.3 Å². The third-order valence-electron chi connectivity index (χ3n) is 1.37. The highest BCUT2D eigenvalue weighted by Gasteiger charge is 2.07. The molecular formula is C10H20O6. The molecule has 0 aromatic carbocycles. The van der Waals surface area contributed by atoms with Gasteiger partial charge in [-0.1, -0.05) is 0 Å². The number of aliphatic hydroxyl groups is 1. The molecule has 0 fully saturated rings. The number of methoxy groups -OCH3 is 2. The molecule has 0 radical (unpaired) electrons. The van der Waals surface area contributed by atoms with E-state index in [1.165, 1.54) is 14.0 Å². The van der Waals surface area contributed by atoms with Gasteiger partial charge in [-0.2, -0.15) is 0 Å². The number of ether oxygens (including phenoxy) is 3. The molecule has 0 heterocycles. The van der Waals surface area contributed by atoms with Crippen LogP contribution in [0.3, 0.4) is 0 Å². The fraction of sp³-hybridized carbons (Fsp3) is 0.800. The van der Waals surface area contributed by atoms with Crippen LogP contribution in [-0.2, 0) is 23.8 Å². The minimum Gasteiger partial charge on any atom is -0.469 e. The Morgan fingerprint density at radius 2 is 1.88 bits per heavy atom. The van der Waals surface area contributed by atoms with Crippen molar-refractivity contribution in [3.63, 3.8) is 0 Å². The van der Waals surface area contributed by atoms with Gasteiger partial charge in [-0.05, 0) is 13.8 Å². The van der Waals surface area contributed by atoms with Crippen LogP contribution in [0.25, 0.3) is 0 Å². The van der Waals surface area contributed by atoms with Gasteiger partial charge in [0.05, 0.1) is 26.7 Å². The van der Waals surface area contributed by atoms with Crippen molar-refractivity contribution < 1.29 is 28.9 Å². The van der Waals surface area contributed by atoms with Crippen LogP contribution in [0.4, 0.5) is 0 Å². The summed E-state index contributed by atoms with van der Waals surface area (Å²) in [5.74, 6) is -0.792. The average Bonchev–Trinajstić information content (AvgIpc) is 2.27. The van der Waals surface area contributed by atoms with Crippen molar-refractivity contribution in [2.45, 2.75) is 26.4 Å². The third-order valence-corrected chi connectivity index (χ3v) is 1.37. The van der Waals surface area contributed by atoms with Gasteiger partial charge in [0, 0.05) is 7.11 Å². The van der Waals surface area contributed by atoms with Crippen molar-refractivity contribution in [1.29, 1.82) is 0 Å². The van der Waals surface area contributed by atoms with Crippen molar-refractivity contribution in [2.24, 2.45) is 0 Å². The topological polar surface area (TPSA) is 82.1 Å². The molecule has 6 heteroatoms. The van der Waals surface area contributed by atoms with E-state index >= 15 is 0 Å². The Morgan fingerprint density at radius 1 is 1.31 bits per heavy atom. The maximum Gasteiger partial charge on any atom is 0.334 e. The Hall–Kier alpha value is -1.14. The predicted molar refractivity (Wildman–Crippen MR) is 56.8 cm³/mol. The first-order valence-electron chi connectivity index (χ1n) is 4.90. The summed E-state index contributed by atoms with van der Waals surface area (Å²) in [5.41, 5.74) is 0. The molecule has 0 spiro atoms. The molecule has 6 nitrogen and oxygen atoms in total. The van der Waals surface area contributed by atoms with Gasteiger partial charge in [0.2, 0.25) is 0 Å². The number of rotatable bonds is 5. The molecule has 0 bridgehead atoms. The van der Waals surface area contributed by atoms with Crippen LogP contribution in [0, 0.1) is 0 Å². The van der Waals surface area contributed by atoms with Gasteiger partial charge in [-0.15, -0.1) is 0 Å². The second-order valence-corrected chi connectivity index (χ2v) is 2.75. The fourth-order valence-electron chi connectivity index (χ4n) is 0.550. The molecular weight excluding hydrogens is 216 g/mol. The Kier molecular flexibility index (Phi) is 12.9. The summed E-state index contributed by atoms with van der Waals surface area (Å²) in [5, 5.41) is 8.48. The van der Waals surface area contributed by atoms with Crippen molar-refractivity contribution in [3.8, 4) is 0 Å². The molecule has 0 saturated carbocycles. The summed E-state index contributed by atoms with van der Waals surface area (Å²) in [6.45, 7) is 3.83. The molecule has 0 aromatic rings. The lowest BCUT2D eigenvalue weighted by Gasteiger charge is -2.01. The molecule has 16 heavy (non-hydrogen) atoms. The fourth-order valence-corrected chi connectivity index (χ4v) is 0.550. The highest BCUT2D eigenvalue weighted by Crippen LogP contribution is 1.84. The van der Waals surface area contributed by atoms with Gasteiger partial charge in [0.25, 0.3) is 0 Å². The summed E-state index contributed by atoms with van der Waals surface area (Å²) in [6.07, 6.45) is -0.651. The van der Waals surface area contributed by atoms with E-state index in [4.69, 9.17) is 5.11 Å². The monoisotopic (exact) mass is 236 g/mol. The number of aliphatic hydroxyl groups excluding tert-OH is 1. The molecule has 0 aliphatic heterocycles. The first kappa shape index (κ1) is 17.3. The Balaban J connectivity index is 0. The normalized spacial score (nSPS) is 10.8. The summed E-state index contributed by atoms with van der Waals surface area (Å²) < 4.78 is 13.4. The number of carbonyl (C=O) groups is 2. The molecule has 1 unspecified atom stereocenters. The second-order valence-electron chi connectivity index (χ2n) is 2.75. The van der Waals surface area contributed by atoms with Crippen LogP contribution in [0.15, 0.2) is 0 Å². The summed E-state index contributed by atoms with van der Waals surface area (Å²) in [7, 11) is 2.90. The highest BCUT2D eigenvalue weighted by atomic mass is 16.5. The largest absolute Gasteiger partial charge is 0.469 e. The van der Waals surface area contributed by atoms with Gasteiger partial charge in [-0.3, -0.25) is 4.79 Å². The lowest BCUT2D eigenvalue weighted by atomic mass is 10.4. The minimum absolute atomic E-state index is 0.230. The molecule has 0 rings (SSSR count). The third kappa shape index (κ3) is 12.9. The summed E-state index contributed by atoms with van der Waals surface area (Å²) in [4.78, 5) is 20.5. The van der Waals surface area contributed by atoms with Gasteiger partial charge in [0.15, 0.2) is 0 Å². The average molecular weight is 236 g/mol. The lowest BCUT2D eigenvalue weighted by molar-refractivity contribution is -0.151. The smallest absolute Gasteiger partial charge is 0.334 e. The molecule has 0 aromatic heterocycles. The zero-order chi connectivity index (χ0) is 13.0. The molecule has 0 aliphatic carbocycles. The van der Waals surface area contributed by atoms with E-state index in [0.29, 0.717) is 19.6 Å². The zero-order valence-electron chi connectivity index (χ0n) is 10.2. The minimum atomic E-state index is -0.991. The molecule has 0 amide bonds. The van der Waals surface area contributed by atoms with E-state index in [9.17, 15) is 9.59 Å². The molecule has 0 aliphatic rings. The number of carbonyl (C=O) groups excluding carboxylic acids is 2. The van der Waals surface area contributed by atoms with Crippen molar-refractivity contribution in [1.82, 2.24) is 0 Å². The zero-order valence-corrected chi connectivity index (χ0v) is 10.2. The quantitative estimate of drug-likeness (QED) is 0.683. The van der Waals surface area contributed by atoms with Crippen LogP contribution < -0.4 is 0 Å². The summed E-state index contributed by atoms with van der Waals surface area (Å²) >= 11 is 0. The molecule has 96 valence electrons. The Bertz CT molecular complexity index is 190. The van der Waals surface area contributed by atoms with Gasteiger partial charge in [0.1, 0.15) is 6.10 Å². The number of esters is 2. The van der Waals surface area contributed by atoms with Crippen LogP contribution in [0.2, 0.25) is 0 Å². The number of hydrogen-bond donors (Lipinski definition) is 1. The van der Waals surface area contributed by atoms with Crippen molar-refractivity contribution in [3.05, 3.63) is 0 Å². The van der Waals surface area contributed by atoms with E-state index in [1.807, 2.05) is 0 Å². The SMILES string of the molecule is CCOC(=O)C(C)O.COCCC(=O)OC. The van der Waals surface area contributed by atoms with E-state index < -0.39 is 12.1 Å². The second kappa shape index (κ2) is 11.9. The van der Waals surface area contributed by atoms with Crippen LogP contribution >= 0.6 is 0 Å². The van der Waals surface area contributed by atoms with Gasteiger partial charge >= 0.3 is 11.9 Å². The predicted octanol–water partition coefficient (Wildman–Crippen LogP) is 0.126. The van der Waals surface area contributed by atoms with Crippen LogP contribution in [0.5, 0.6) is 0 Å². The molecule has 1 atom stereocenters. The van der Waals surface area contributed by atoms with E-state index in [1.54, 1.807) is 14.0 Å². The van der Waals surface area contributed by atoms with Crippen LogP contribution in [-0.4, -0.2) is 50.6 Å². The maximum absolute atomic E-state index is 10.3. The first-order chi connectivity index (χ1) is 7.49. The van der Waals surface area contributed by atoms with E-state index in [2.05, 4.69) is 14.2 Å². The summed E-state index contributed by atoms with van der Waals surface area (Å²) in [6, 6.07) is 0. The molecule has 1 N–H and O–H groups in total. The maximum atomic E-state index is 10.3. The van der Waals surface area contributed by atoms with E-state index in [0.717, 1.165) is 0 Å². The lowest BCUT2D eigenvalue weighted by Crippen LogP contribution is -2.18. The molecule has 0 saturated heterocycles. The van der Waals surface area contributed by atoms with E-state index in [-0.39, 0.29) is 5.97 Å². The Morgan fingerprint density at radius 3 is 2.12 bits per heavy atom. The highest BCUT2D eigenvalue weighted by molar-refractivity contribution is 5.73. The van der Waals surface area contributed by atoms with Crippen molar-refractivity contribution >= 4 is 11.9 Å². The van der Waals surface area contributed by atoms with Gasteiger partial charge in [-0.25, -0.2) is 4.79 Å². The first-order valence-corrected chi connectivity index (χ1v) is 4.90. The van der Waals surface area contributed by atoms with Gasteiger partial charge < -0.3 is 19.3 Å².